The summed E-state index contributed by atoms with van der Waals surface area (Å²) in [6.07, 6.45) is 0. The molecule has 0 aliphatic carbocycles. The van der Waals surface area contributed by atoms with Crippen LogP contribution in [-0.4, -0.2) is 26.6 Å². The first-order chi connectivity index (χ1) is 15.2. The summed E-state index contributed by atoms with van der Waals surface area (Å²) in [5.41, 5.74) is 3.89. The van der Waals surface area contributed by atoms with Gasteiger partial charge < -0.3 is 5.32 Å². The molecule has 32 heavy (non-hydrogen) atoms. The largest absolute Gasteiger partial charge is 0.351 e. The molecule has 3 aromatic carbocycles. The van der Waals surface area contributed by atoms with Crippen LogP contribution >= 0.6 is 23.4 Å². The molecule has 2 N–H and O–H groups in total. The average Bonchev–Trinajstić information content (AvgIpc) is 2.75. The quantitative estimate of drug-likeness (QED) is 0.320. The van der Waals surface area contributed by atoms with Crippen molar-refractivity contribution >= 4 is 45.0 Å². The van der Waals surface area contributed by atoms with Crippen molar-refractivity contribution in [2.75, 3.05) is 17.0 Å². The predicted molar refractivity (Wildman–Crippen MR) is 132 cm³/mol. The van der Waals surface area contributed by atoms with Crippen molar-refractivity contribution in [1.82, 2.24) is 5.32 Å². The Morgan fingerprint density at radius 1 is 0.938 bits per heavy atom. The molecule has 0 radical (unpaired) electrons. The fourth-order valence-corrected chi connectivity index (χ4v) is 5.28. The second kappa shape index (κ2) is 10.4. The molecule has 0 aliphatic rings. The molecule has 0 aromatic heterocycles. The molecule has 0 bridgehead atoms. The molecular formula is C24H25ClN2O3S2. The number of benzene rings is 3. The van der Waals surface area contributed by atoms with Crippen molar-refractivity contribution in [2.45, 2.75) is 30.6 Å². The number of halogens is 1. The lowest BCUT2D eigenvalue weighted by molar-refractivity contribution is 0.0956. The van der Waals surface area contributed by atoms with Gasteiger partial charge in [-0.05, 0) is 74.4 Å². The summed E-state index contributed by atoms with van der Waals surface area (Å²) in [4.78, 5) is 13.5. The topological polar surface area (TPSA) is 75.3 Å². The van der Waals surface area contributed by atoms with Gasteiger partial charge in [0.15, 0.2) is 0 Å². The number of sulfonamides is 1. The van der Waals surface area contributed by atoms with E-state index in [4.69, 9.17) is 11.6 Å². The first-order valence-electron chi connectivity index (χ1n) is 10.0. The van der Waals surface area contributed by atoms with Gasteiger partial charge in [-0.15, -0.1) is 11.8 Å². The van der Waals surface area contributed by atoms with Crippen molar-refractivity contribution in [3.05, 3.63) is 87.9 Å². The van der Waals surface area contributed by atoms with Crippen LogP contribution < -0.4 is 10.0 Å². The molecule has 0 heterocycles. The minimum atomic E-state index is -3.96. The number of anilines is 1. The predicted octanol–water partition coefficient (Wildman–Crippen LogP) is 5.59. The van der Waals surface area contributed by atoms with Gasteiger partial charge in [0.25, 0.3) is 15.9 Å². The second-order valence-electron chi connectivity index (χ2n) is 7.47. The lowest BCUT2D eigenvalue weighted by Gasteiger charge is -2.12. The van der Waals surface area contributed by atoms with E-state index in [1.807, 2.05) is 51.1 Å². The van der Waals surface area contributed by atoms with Crippen LogP contribution in [-0.2, 0) is 10.0 Å². The Balaban J connectivity index is 1.66. The van der Waals surface area contributed by atoms with Gasteiger partial charge in [0.1, 0.15) is 4.90 Å². The number of nitrogens with one attached hydrogen (secondary N) is 2. The first kappa shape index (κ1) is 24.2. The smallest absolute Gasteiger partial charge is 0.263 e. The van der Waals surface area contributed by atoms with Gasteiger partial charge in [0, 0.05) is 28.4 Å². The summed E-state index contributed by atoms with van der Waals surface area (Å²) in [6, 6.07) is 17.7. The summed E-state index contributed by atoms with van der Waals surface area (Å²) in [5.74, 6) is 0.343. The summed E-state index contributed by atoms with van der Waals surface area (Å²) in [6.45, 7) is 6.34. The maximum atomic E-state index is 12.9. The molecule has 0 spiro atoms. The van der Waals surface area contributed by atoms with Crippen LogP contribution in [0.15, 0.2) is 70.5 Å². The highest BCUT2D eigenvalue weighted by atomic mass is 35.5. The molecule has 0 aliphatic heterocycles. The normalized spacial score (nSPS) is 11.2. The molecule has 0 fully saturated rings. The van der Waals surface area contributed by atoms with Gasteiger partial charge >= 0.3 is 0 Å². The van der Waals surface area contributed by atoms with E-state index in [2.05, 4.69) is 10.0 Å². The zero-order valence-electron chi connectivity index (χ0n) is 18.1. The highest BCUT2D eigenvalue weighted by Gasteiger charge is 2.20. The van der Waals surface area contributed by atoms with Crippen LogP contribution in [0.5, 0.6) is 0 Å². The number of hydrogen-bond acceptors (Lipinski definition) is 4. The van der Waals surface area contributed by atoms with Crippen LogP contribution in [0.1, 0.15) is 27.0 Å². The van der Waals surface area contributed by atoms with E-state index in [-0.39, 0.29) is 21.4 Å². The molecular weight excluding hydrogens is 464 g/mol. The van der Waals surface area contributed by atoms with Crippen LogP contribution in [0, 0.1) is 20.8 Å². The number of amides is 1. The third-order valence-electron chi connectivity index (χ3n) is 4.92. The highest BCUT2D eigenvalue weighted by Crippen LogP contribution is 2.26. The first-order valence-corrected chi connectivity index (χ1v) is 12.9. The number of rotatable bonds is 8. The van der Waals surface area contributed by atoms with E-state index >= 15 is 0 Å². The Morgan fingerprint density at radius 2 is 1.66 bits per heavy atom. The molecule has 0 saturated carbocycles. The number of carbonyl (C=O) groups is 1. The van der Waals surface area contributed by atoms with Crippen molar-refractivity contribution in [1.29, 1.82) is 0 Å². The maximum absolute atomic E-state index is 12.9. The third kappa shape index (κ3) is 6.28. The number of hydrogen-bond donors (Lipinski definition) is 2. The molecule has 0 unspecified atom stereocenters. The Morgan fingerprint density at radius 3 is 2.34 bits per heavy atom. The zero-order chi connectivity index (χ0) is 23.3. The number of thioether (sulfide) groups is 1. The fourth-order valence-electron chi connectivity index (χ4n) is 2.94. The maximum Gasteiger partial charge on any atom is 0.263 e. The second-order valence-corrected chi connectivity index (χ2v) is 10.7. The van der Waals surface area contributed by atoms with E-state index in [0.717, 1.165) is 16.0 Å². The Labute approximate surface area is 198 Å². The van der Waals surface area contributed by atoms with Crippen molar-refractivity contribution in [3.8, 4) is 0 Å². The van der Waals surface area contributed by atoms with Crippen molar-refractivity contribution in [2.24, 2.45) is 0 Å². The third-order valence-corrected chi connectivity index (χ3v) is 7.80. The summed E-state index contributed by atoms with van der Waals surface area (Å²) in [5, 5.41) is 2.87. The van der Waals surface area contributed by atoms with Gasteiger partial charge in [-0.2, -0.15) is 0 Å². The number of aryl methyl sites for hydroxylation is 3. The van der Waals surface area contributed by atoms with E-state index < -0.39 is 10.0 Å². The molecule has 5 nitrogen and oxygen atoms in total. The Bertz CT molecular complexity index is 1230. The molecule has 168 valence electrons. The number of carbonyl (C=O) groups excluding carboxylic acids is 1. The molecule has 3 rings (SSSR count). The van der Waals surface area contributed by atoms with Crippen LogP contribution in [0.3, 0.4) is 0 Å². The van der Waals surface area contributed by atoms with Gasteiger partial charge in [0.2, 0.25) is 0 Å². The van der Waals surface area contributed by atoms with Gasteiger partial charge in [-0.3, -0.25) is 9.52 Å². The zero-order valence-corrected chi connectivity index (χ0v) is 20.5. The van der Waals surface area contributed by atoms with E-state index in [1.54, 1.807) is 23.9 Å². The molecule has 1 amide bonds. The molecule has 3 aromatic rings. The van der Waals surface area contributed by atoms with Gasteiger partial charge in [0.05, 0.1) is 5.02 Å². The Hall–Kier alpha value is -2.48. The molecule has 8 heteroatoms. The standard InChI is InChI=1S/C24H25ClN2O3S2/c1-16-4-9-21(10-5-16)31-13-12-26-24(28)19-7-11-22(25)23(15-19)32(29,30)27-20-8-6-17(2)18(3)14-20/h4-11,14-15,27H,12-13H2,1-3H3,(H,26,28). The fraction of sp³-hybridized carbons (Fsp3) is 0.208. The monoisotopic (exact) mass is 488 g/mol. The van der Waals surface area contributed by atoms with Crippen LogP contribution in [0.2, 0.25) is 5.02 Å². The van der Waals surface area contributed by atoms with E-state index in [9.17, 15) is 13.2 Å². The minimum Gasteiger partial charge on any atom is -0.351 e. The van der Waals surface area contributed by atoms with Crippen LogP contribution in [0.4, 0.5) is 5.69 Å². The lowest BCUT2D eigenvalue weighted by Crippen LogP contribution is -2.26. The molecule has 0 atom stereocenters. The van der Waals surface area contributed by atoms with Crippen LogP contribution in [0.25, 0.3) is 0 Å². The average molecular weight is 489 g/mol. The Kier molecular flexibility index (Phi) is 7.87. The van der Waals surface area contributed by atoms with Gasteiger partial charge in [-0.25, -0.2) is 8.42 Å². The minimum absolute atomic E-state index is 0.0489. The van der Waals surface area contributed by atoms with Gasteiger partial charge in [-0.1, -0.05) is 35.4 Å². The lowest BCUT2D eigenvalue weighted by atomic mass is 10.1. The summed E-state index contributed by atoms with van der Waals surface area (Å²) >= 11 is 7.80. The summed E-state index contributed by atoms with van der Waals surface area (Å²) in [7, 11) is -3.96. The summed E-state index contributed by atoms with van der Waals surface area (Å²) < 4.78 is 28.3. The van der Waals surface area contributed by atoms with E-state index in [0.29, 0.717) is 18.0 Å². The van der Waals surface area contributed by atoms with Crippen molar-refractivity contribution < 1.29 is 13.2 Å². The highest BCUT2D eigenvalue weighted by molar-refractivity contribution is 7.99. The SMILES string of the molecule is Cc1ccc(SCCNC(=O)c2ccc(Cl)c(S(=O)(=O)Nc3ccc(C)c(C)c3)c2)cc1. The van der Waals surface area contributed by atoms with Crippen molar-refractivity contribution in [3.63, 3.8) is 0 Å². The van der Waals surface area contributed by atoms with E-state index in [1.165, 1.54) is 23.8 Å². The molecule has 0 saturated heterocycles.